The van der Waals surface area contributed by atoms with Crippen molar-refractivity contribution >= 4 is 38.2 Å². The van der Waals surface area contributed by atoms with Crippen LogP contribution in [-0.4, -0.2) is 73.7 Å². The summed E-state index contributed by atoms with van der Waals surface area (Å²) in [6.07, 6.45) is 4.82. The number of carbonyl (C=O) groups excluding carboxylic acids is 1. The average molecular weight is 467 g/mol. The van der Waals surface area contributed by atoms with Crippen LogP contribution in [-0.2, 0) is 21.2 Å². The van der Waals surface area contributed by atoms with Gasteiger partial charge in [-0.1, -0.05) is 6.92 Å². The van der Waals surface area contributed by atoms with E-state index in [0.717, 1.165) is 30.7 Å². The molecule has 1 N–H and O–H groups in total. The minimum absolute atomic E-state index is 0.165. The van der Waals surface area contributed by atoms with Crippen molar-refractivity contribution in [2.75, 3.05) is 50.1 Å². The fraction of sp³-hybridized carbons (Fsp3) is 0.579. The minimum atomic E-state index is -3.88. The van der Waals surface area contributed by atoms with Gasteiger partial charge in [0.2, 0.25) is 0 Å². The zero-order valence-electron chi connectivity index (χ0n) is 17.6. The summed E-state index contributed by atoms with van der Waals surface area (Å²) in [7, 11) is -2.03. The van der Waals surface area contributed by atoms with Gasteiger partial charge in [-0.15, -0.1) is 21.5 Å². The molecule has 2 aliphatic rings. The minimum Gasteiger partial charge on any atom is -0.379 e. The first-order valence-corrected chi connectivity index (χ1v) is 12.6. The normalized spacial score (nSPS) is 17.5. The first-order valence-electron chi connectivity index (χ1n) is 10.3. The molecule has 0 unspecified atom stereocenters. The van der Waals surface area contributed by atoms with Crippen molar-refractivity contribution in [2.45, 2.75) is 31.2 Å². The Hall–Kier alpha value is -2.15. The van der Waals surface area contributed by atoms with Crippen molar-refractivity contribution in [3.63, 3.8) is 0 Å². The second-order valence-corrected chi connectivity index (χ2v) is 10.7. The van der Waals surface area contributed by atoms with Crippen LogP contribution >= 0.6 is 11.3 Å². The maximum Gasteiger partial charge on any atom is 0.262 e. The highest BCUT2D eigenvalue weighted by molar-refractivity contribution is 7.89. The molecule has 1 aliphatic heterocycles. The molecule has 1 amide bonds. The SMILES string of the molecule is CCc1cnc(NC(=O)c2cc(S(=O)(=O)N3CCOCC3)nnc2N(C)CC2CC2)s1. The highest BCUT2D eigenvalue weighted by atomic mass is 32.2. The van der Waals surface area contributed by atoms with Crippen LogP contribution in [0.15, 0.2) is 17.3 Å². The van der Waals surface area contributed by atoms with Gasteiger partial charge in [0.1, 0.15) is 0 Å². The van der Waals surface area contributed by atoms with E-state index in [1.54, 1.807) is 6.20 Å². The topological polar surface area (TPSA) is 118 Å². The summed E-state index contributed by atoms with van der Waals surface area (Å²) in [5.41, 5.74) is 0.165. The molecule has 0 aromatic carbocycles. The second kappa shape index (κ2) is 9.15. The lowest BCUT2D eigenvalue weighted by molar-refractivity contribution is 0.0729. The van der Waals surface area contributed by atoms with Crippen LogP contribution in [0.4, 0.5) is 10.9 Å². The molecule has 31 heavy (non-hydrogen) atoms. The number of aromatic nitrogens is 3. The molecule has 4 rings (SSSR count). The molecule has 0 atom stereocenters. The zero-order valence-corrected chi connectivity index (χ0v) is 19.2. The Balaban J connectivity index is 1.66. The standard InChI is InChI=1S/C19H26N6O4S2/c1-3-14-11-20-19(30-14)21-18(26)15-10-16(31(27,28)25-6-8-29-9-7-25)22-23-17(15)24(2)12-13-4-5-13/h10-11,13H,3-9,12H2,1-2H3,(H,20,21,26). The van der Waals surface area contributed by atoms with Gasteiger partial charge in [0.05, 0.1) is 18.8 Å². The molecule has 0 radical (unpaired) electrons. The van der Waals surface area contributed by atoms with E-state index >= 15 is 0 Å². The average Bonchev–Trinajstić information content (AvgIpc) is 3.48. The van der Waals surface area contributed by atoms with Crippen molar-refractivity contribution in [1.29, 1.82) is 0 Å². The van der Waals surface area contributed by atoms with Gasteiger partial charge in [0.15, 0.2) is 16.0 Å². The third-order valence-corrected chi connectivity index (χ3v) is 8.11. The van der Waals surface area contributed by atoms with E-state index in [2.05, 4.69) is 20.5 Å². The summed E-state index contributed by atoms with van der Waals surface area (Å²) in [5.74, 6) is 0.464. The predicted octanol–water partition coefficient (Wildman–Crippen LogP) is 1.61. The number of thiazole rings is 1. The number of aryl methyl sites for hydroxylation is 1. The lowest BCUT2D eigenvalue weighted by Crippen LogP contribution is -2.41. The third kappa shape index (κ3) is 5.03. The molecular formula is C19H26N6O4S2. The van der Waals surface area contributed by atoms with E-state index in [0.29, 0.717) is 30.1 Å². The van der Waals surface area contributed by atoms with Gasteiger partial charge in [0.25, 0.3) is 15.9 Å². The summed E-state index contributed by atoms with van der Waals surface area (Å²) in [6.45, 7) is 3.89. The third-order valence-electron chi connectivity index (χ3n) is 5.28. The quantitative estimate of drug-likeness (QED) is 0.624. The fourth-order valence-electron chi connectivity index (χ4n) is 3.33. The molecule has 10 nitrogen and oxygen atoms in total. The van der Waals surface area contributed by atoms with Gasteiger partial charge in [0, 0.05) is 37.8 Å². The van der Waals surface area contributed by atoms with E-state index in [-0.39, 0.29) is 23.7 Å². The zero-order chi connectivity index (χ0) is 22.0. The number of hydrogen-bond acceptors (Lipinski definition) is 9. The number of anilines is 2. The van der Waals surface area contributed by atoms with Gasteiger partial charge in [-0.3, -0.25) is 10.1 Å². The number of carbonyl (C=O) groups is 1. The molecule has 2 fully saturated rings. The summed E-state index contributed by atoms with van der Waals surface area (Å²) < 4.78 is 32.6. The first-order chi connectivity index (χ1) is 14.9. The number of amides is 1. The van der Waals surface area contributed by atoms with Gasteiger partial charge >= 0.3 is 0 Å². The van der Waals surface area contributed by atoms with Crippen LogP contribution in [0.2, 0.25) is 0 Å². The van der Waals surface area contributed by atoms with Crippen LogP contribution in [0.5, 0.6) is 0 Å². The number of rotatable bonds is 8. The van der Waals surface area contributed by atoms with Crippen molar-refractivity contribution in [3.8, 4) is 0 Å². The second-order valence-electron chi connectivity index (χ2n) is 7.70. The van der Waals surface area contributed by atoms with E-state index in [9.17, 15) is 13.2 Å². The summed E-state index contributed by atoms with van der Waals surface area (Å²) in [5, 5.41) is 11.2. The van der Waals surface area contributed by atoms with Gasteiger partial charge in [-0.2, -0.15) is 4.31 Å². The van der Waals surface area contributed by atoms with E-state index in [4.69, 9.17) is 4.74 Å². The van der Waals surface area contributed by atoms with Crippen molar-refractivity contribution in [3.05, 3.63) is 22.7 Å². The van der Waals surface area contributed by atoms with Crippen LogP contribution in [0.25, 0.3) is 0 Å². The predicted molar refractivity (Wildman–Crippen MR) is 117 cm³/mol. The summed E-state index contributed by atoms with van der Waals surface area (Å²) >= 11 is 1.39. The molecule has 0 spiro atoms. The molecule has 0 bridgehead atoms. The number of nitrogens with zero attached hydrogens (tertiary/aromatic N) is 5. The number of nitrogens with one attached hydrogen (secondary N) is 1. The summed E-state index contributed by atoms with van der Waals surface area (Å²) in [6, 6.07) is 1.32. The number of sulfonamides is 1. The van der Waals surface area contributed by atoms with Crippen molar-refractivity contribution in [1.82, 2.24) is 19.5 Å². The molecule has 1 saturated carbocycles. The Labute approximate surface area is 185 Å². The molecule has 12 heteroatoms. The van der Waals surface area contributed by atoms with E-state index < -0.39 is 15.9 Å². The Morgan fingerprint density at radius 3 is 2.71 bits per heavy atom. The maximum absolute atomic E-state index is 13.1. The molecule has 1 saturated heterocycles. The maximum atomic E-state index is 13.1. The van der Waals surface area contributed by atoms with Gasteiger partial charge in [-0.05, 0) is 31.2 Å². The summed E-state index contributed by atoms with van der Waals surface area (Å²) in [4.78, 5) is 20.3. The Bertz CT molecular complexity index is 1050. The number of ether oxygens (including phenoxy) is 1. The Morgan fingerprint density at radius 1 is 1.32 bits per heavy atom. The van der Waals surface area contributed by atoms with Crippen molar-refractivity contribution < 1.29 is 17.9 Å². The Kier molecular flexibility index (Phi) is 6.51. The number of hydrogen-bond donors (Lipinski definition) is 1. The lowest BCUT2D eigenvalue weighted by atomic mass is 10.2. The van der Waals surface area contributed by atoms with Crippen LogP contribution in [0.1, 0.15) is 35.0 Å². The van der Waals surface area contributed by atoms with Gasteiger partial charge < -0.3 is 9.64 Å². The molecule has 168 valence electrons. The highest BCUT2D eigenvalue weighted by Gasteiger charge is 2.31. The van der Waals surface area contributed by atoms with Crippen LogP contribution < -0.4 is 10.2 Å². The van der Waals surface area contributed by atoms with Crippen LogP contribution in [0, 0.1) is 5.92 Å². The van der Waals surface area contributed by atoms with Crippen LogP contribution in [0.3, 0.4) is 0 Å². The highest BCUT2D eigenvalue weighted by Crippen LogP contribution is 2.32. The first kappa shape index (κ1) is 22.1. The number of morpholine rings is 1. The lowest BCUT2D eigenvalue weighted by Gasteiger charge is -2.26. The molecular weight excluding hydrogens is 440 g/mol. The monoisotopic (exact) mass is 466 g/mol. The van der Waals surface area contributed by atoms with Crippen molar-refractivity contribution in [2.24, 2.45) is 5.92 Å². The largest absolute Gasteiger partial charge is 0.379 e. The fourth-order valence-corrected chi connectivity index (χ4v) is 5.38. The Morgan fingerprint density at radius 2 is 2.06 bits per heavy atom. The van der Waals surface area contributed by atoms with E-state index in [1.165, 1.54) is 21.7 Å². The van der Waals surface area contributed by atoms with Gasteiger partial charge in [-0.25, -0.2) is 13.4 Å². The molecule has 3 heterocycles. The molecule has 2 aromatic heterocycles. The molecule has 2 aromatic rings. The molecule has 1 aliphatic carbocycles. The van der Waals surface area contributed by atoms with E-state index in [1.807, 2.05) is 18.9 Å². The smallest absolute Gasteiger partial charge is 0.262 e.